The predicted octanol–water partition coefficient (Wildman–Crippen LogP) is -0.981. The van der Waals surface area contributed by atoms with Crippen molar-refractivity contribution in [1.29, 1.82) is 0 Å². The van der Waals surface area contributed by atoms with Gasteiger partial charge < -0.3 is 15.5 Å². The smallest absolute Gasteiger partial charge is 0.234 e. The molecule has 0 radical (unpaired) electrons. The van der Waals surface area contributed by atoms with Crippen molar-refractivity contribution in [2.45, 2.75) is 25.8 Å². The third-order valence-electron chi connectivity index (χ3n) is 3.65. The zero-order chi connectivity index (χ0) is 13.7. The first-order valence-electron chi connectivity index (χ1n) is 7.15. The summed E-state index contributed by atoms with van der Waals surface area (Å²) in [6.45, 7) is 7.62. The van der Waals surface area contributed by atoms with Crippen molar-refractivity contribution in [1.82, 2.24) is 20.4 Å². The fourth-order valence-corrected chi connectivity index (χ4v) is 2.67. The van der Waals surface area contributed by atoms with Crippen molar-refractivity contribution < 1.29 is 9.59 Å². The Morgan fingerprint density at radius 2 is 2.11 bits per heavy atom. The standard InChI is InChI=1S/C13H24N4O2/c1-11(9-17-6-2-3-13(17)19)15-12(18)10-16-7-4-14-5-8-16/h11,14H,2-10H2,1H3,(H,15,18). The van der Waals surface area contributed by atoms with Crippen LogP contribution in [0.4, 0.5) is 0 Å². The molecule has 2 saturated heterocycles. The van der Waals surface area contributed by atoms with Crippen LogP contribution in [0.15, 0.2) is 0 Å². The van der Waals surface area contributed by atoms with Crippen LogP contribution in [-0.4, -0.2) is 73.5 Å². The number of hydrogen-bond donors (Lipinski definition) is 2. The van der Waals surface area contributed by atoms with Gasteiger partial charge >= 0.3 is 0 Å². The maximum Gasteiger partial charge on any atom is 0.234 e. The summed E-state index contributed by atoms with van der Waals surface area (Å²) in [5.41, 5.74) is 0. The summed E-state index contributed by atoms with van der Waals surface area (Å²) in [5, 5.41) is 6.24. The van der Waals surface area contributed by atoms with E-state index in [-0.39, 0.29) is 17.9 Å². The van der Waals surface area contributed by atoms with Crippen molar-refractivity contribution in [3.63, 3.8) is 0 Å². The van der Waals surface area contributed by atoms with Gasteiger partial charge in [0.2, 0.25) is 11.8 Å². The third-order valence-corrected chi connectivity index (χ3v) is 3.65. The quantitative estimate of drug-likeness (QED) is 0.672. The summed E-state index contributed by atoms with van der Waals surface area (Å²) in [6, 6.07) is 0.0254. The van der Waals surface area contributed by atoms with Gasteiger partial charge in [-0.3, -0.25) is 14.5 Å². The number of nitrogens with zero attached hydrogens (tertiary/aromatic N) is 2. The minimum Gasteiger partial charge on any atom is -0.351 e. The molecule has 2 amide bonds. The monoisotopic (exact) mass is 268 g/mol. The number of carbonyl (C=O) groups is 2. The van der Waals surface area contributed by atoms with Crippen LogP contribution in [0.5, 0.6) is 0 Å². The SMILES string of the molecule is CC(CN1CCCC1=O)NC(=O)CN1CCNCC1. The molecule has 1 atom stereocenters. The van der Waals surface area contributed by atoms with Crippen LogP contribution in [0, 0.1) is 0 Å². The maximum absolute atomic E-state index is 11.9. The molecule has 0 aromatic rings. The van der Waals surface area contributed by atoms with E-state index in [0.717, 1.165) is 39.1 Å². The number of nitrogens with one attached hydrogen (secondary N) is 2. The summed E-state index contributed by atoms with van der Waals surface area (Å²) in [4.78, 5) is 27.4. The number of likely N-dealkylation sites (tertiary alicyclic amines) is 1. The number of piperazine rings is 1. The molecule has 2 rings (SSSR count). The first kappa shape index (κ1) is 14.3. The molecule has 6 nitrogen and oxygen atoms in total. The molecule has 2 aliphatic heterocycles. The molecule has 2 N–H and O–H groups in total. The summed E-state index contributed by atoms with van der Waals surface area (Å²) in [6.07, 6.45) is 1.60. The third kappa shape index (κ3) is 4.47. The van der Waals surface area contributed by atoms with Gasteiger partial charge in [-0.05, 0) is 13.3 Å². The number of rotatable bonds is 5. The molecule has 0 aliphatic carbocycles. The van der Waals surface area contributed by atoms with Crippen molar-refractivity contribution in [3.8, 4) is 0 Å². The maximum atomic E-state index is 11.9. The van der Waals surface area contributed by atoms with Gasteiger partial charge in [0.05, 0.1) is 6.54 Å². The van der Waals surface area contributed by atoms with E-state index in [2.05, 4.69) is 15.5 Å². The Labute approximate surface area is 114 Å². The normalized spacial score (nSPS) is 22.6. The van der Waals surface area contributed by atoms with Crippen LogP contribution in [0.1, 0.15) is 19.8 Å². The van der Waals surface area contributed by atoms with Gasteiger partial charge in [0.25, 0.3) is 0 Å². The zero-order valence-electron chi connectivity index (χ0n) is 11.7. The van der Waals surface area contributed by atoms with E-state index in [1.807, 2.05) is 11.8 Å². The van der Waals surface area contributed by atoms with Crippen LogP contribution in [0.25, 0.3) is 0 Å². The van der Waals surface area contributed by atoms with Gasteiger partial charge in [-0.15, -0.1) is 0 Å². The molecular formula is C13H24N4O2. The average Bonchev–Trinajstić information content (AvgIpc) is 2.76. The number of hydrogen-bond acceptors (Lipinski definition) is 4. The molecule has 19 heavy (non-hydrogen) atoms. The lowest BCUT2D eigenvalue weighted by molar-refractivity contribution is -0.129. The second-order valence-corrected chi connectivity index (χ2v) is 5.44. The van der Waals surface area contributed by atoms with Crippen LogP contribution >= 0.6 is 0 Å². The highest BCUT2D eigenvalue weighted by molar-refractivity contribution is 5.79. The summed E-state index contributed by atoms with van der Waals surface area (Å²) < 4.78 is 0. The molecule has 0 aromatic carbocycles. The molecule has 0 bridgehead atoms. The molecule has 0 saturated carbocycles. The van der Waals surface area contributed by atoms with Crippen LogP contribution in [-0.2, 0) is 9.59 Å². The number of amides is 2. The van der Waals surface area contributed by atoms with Gasteiger partial charge in [0.15, 0.2) is 0 Å². The Bertz CT molecular complexity index is 329. The number of carbonyl (C=O) groups excluding carboxylic acids is 2. The molecule has 2 aliphatic rings. The highest BCUT2D eigenvalue weighted by Gasteiger charge is 2.22. The van der Waals surface area contributed by atoms with Gasteiger partial charge in [0.1, 0.15) is 0 Å². The van der Waals surface area contributed by atoms with Crippen molar-refractivity contribution in [2.24, 2.45) is 0 Å². The van der Waals surface area contributed by atoms with E-state index in [1.165, 1.54) is 0 Å². The zero-order valence-corrected chi connectivity index (χ0v) is 11.7. The lowest BCUT2D eigenvalue weighted by atomic mass is 10.3. The predicted molar refractivity (Wildman–Crippen MR) is 72.7 cm³/mol. The Balaban J connectivity index is 1.67. The minimum atomic E-state index is 0.0254. The van der Waals surface area contributed by atoms with Gasteiger partial charge in [0, 0.05) is 51.7 Å². The molecule has 0 aromatic heterocycles. The second-order valence-electron chi connectivity index (χ2n) is 5.44. The Hall–Kier alpha value is -1.14. The lowest BCUT2D eigenvalue weighted by Crippen LogP contribution is -2.50. The van der Waals surface area contributed by atoms with Gasteiger partial charge in [-0.2, -0.15) is 0 Å². The highest BCUT2D eigenvalue weighted by atomic mass is 16.2. The largest absolute Gasteiger partial charge is 0.351 e. The minimum absolute atomic E-state index is 0.0254. The van der Waals surface area contributed by atoms with Crippen molar-refractivity contribution in [3.05, 3.63) is 0 Å². The second kappa shape index (κ2) is 6.86. The van der Waals surface area contributed by atoms with Crippen molar-refractivity contribution in [2.75, 3.05) is 45.8 Å². The van der Waals surface area contributed by atoms with E-state index in [0.29, 0.717) is 19.5 Å². The molecular weight excluding hydrogens is 244 g/mol. The van der Waals surface area contributed by atoms with E-state index >= 15 is 0 Å². The lowest BCUT2D eigenvalue weighted by Gasteiger charge is -2.27. The molecule has 2 heterocycles. The molecule has 2 fully saturated rings. The topological polar surface area (TPSA) is 64.7 Å². The molecule has 0 spiro atoms. The van der Waals surface area contributed by atoms with Crippen LogP contribution in [0.3, 0.4) is 0 Å². The molecule has 108 valence electrons. The van der Waals surface area contributed by atoms with Gasteiger partial charge in [-0.25, -0.2) is 0 Å². The average molecular weight is 268 g/mol. The summed E-state index contributed by atoms with van der Waals surface area (Å²) in [5.74, 6) is 0.268. The fourth-order valence-electron chi connectivity index (χ4n) is 2.67. The Morgan fingerprint density at radius 1 is 1.37 bits per heavy atom. The van der Waals surface area contributed by atoms with Crippen molar-refractivity contribution >= 4 is 11.8 Å². The Morgan fingerprint density at radius 3 is 2.74 bits per heavy atom. The first-order chi connectivity index (χ1) is 9.15. The van der Waals surface area contributed by atoms with E-state index < -0.39 is 0 Å². The van der Waals surface area contributed by atoms with Gasteiger partial charge in [-0.1, -0.05) is 0 Å². The first-order valence-corrected chi connectivity index (χ1v) is 7.15. The molecule has 1 unspecified atom stereocenters. The fraction of sp³-hybridized carbons (Fsp3) is 0.846. The van der Waals surface area contributed by atoms with E-state index in [1.54, 1.807) is 0 Å². The van der Waals surface area contributed by atoms with E-state index in [4.69, 9.17) is 0 Å². The molecule has 6 heteroatoms. The Kier molecular flexibility index (Phi) is 5.15. The highest BCUT2D eigenvalue weighted by Crippen LogP contribution is 2.09. The summed E-state index contributed by atoms with van der Waals surface area (Å²) in [7, 11) is 0. The van der Waals surface area contributed by atoms with E-state index in [9.17, 15) is 9.59 Å². The summed E-state index contributed by atoms with van der Waals surface area (Å²) >= 11 is 0. The van der Waals surface area contributed by atoms with Crippen LogP contribution < -0.4 is 10.6 Å². The van der Waals surface area contributed by atoms with Crippen LogP contribution in [0.2, 0.25) is 0 Å².